The van der Waals surface area contributed by atoms with Gasteiger partial charge in [-0.3, -0.25) is 14.9 Å². The average molecular weight is 318 g/mol. The van der Waals surface area contributed by atoms with Crippen LogP contribution in [0.4, 0.5) is 21.5 Å². The molecule has 2 N–H and O–H groups in total. The highest BCUT2D eigenvalue weighted by atomic mass is 19.1. The molecule has 0 saturated heterocycles. The van der Waals surface area contributed by atoms with Crippen LogP contribution < -0.4 is 5.32 Å². The zero-order valence-corrected chi connectivity index (χ0v) is 12.2. The Bertz CT molecular complexity index is 717. The summed E-state index contributed by atoms with van der Waals surface area (Å²) in [5, 5.41) is 22.9. The Morgan fingerprint density at radius 1 is 1.22 bits per heavy atom. The van der Waals surface area contributed by atoms with Gasteiger partial charge in [-0.15, -0.1) is 0 Å². The van der Waals surface area contributed by atoms with Crippen molar-refractivity contribution in [1.29, 1.82) is 0 Å². The molecule has 0 saturated carbocycles. The molecule has 0 aromatic heterocycles. The number of anilines is 2. The molecular formula is C16H15FN2O4. The van der Waals surface area contributed by atoms with E-state index in [2.05, 4.69) is 5.32 Å². The average Bonchev–Trinajstić information content (AvgIpc) is 2.56. The van der Waals surface area contributed by atoms with Crippen LogP contribution in [0.1, 0.15) is 15.9 Å². The summed E-state index contributed by atoms with van der Waals surface area (Å²) in [7, 11) is 0. The van der Waals surface area contributed by atoms with Crippen LogP contribution >= 0.6 is 0 Å². The highest BCUT2D eigenvalue weighted by Crippen LogP contribution is 2.29. The third kappa shape index (κ3) is 4.10. The summed E-state index contributed by atoms with van der Waals surface area (Å²) in [6.07, 6.45) is 0.528. The lowest BCUT2D eigenvalue weighted by atomic mass is 10.1. The molecule has 0 unspecified atom stereocenters. The summed E-state index contributed by atoms with van der Waals surface area (Å²) in [6, 6.07) is 10.8. The Morgan fingerprint density at radius 3 is 2.48 bits per heavy atom. The fraction of sp³-hybridized carbons (Fsp3) is 0.188. The molecule has 120 valence electrons. The van der Waals surface area contributed by atoms with Crippen LogP contribution in [0.2, 0.25) is 0 Å². The number of nitro groups is 1. The zero-order valence-electron chi connectivity index (χ0n) is 12.2. The molecule has 2 aromatic rings. The number of carbonyl (C=O) groups excluding carboxylic acids is 1. The van der Waals surface area contributed by atoms with Gasteiger partial charge in [0.2, 0.25) is 0 Å². The van der Waals surface area contributed by atoms with E-state index in [1.807, 2.05) is 0 Å². The maximum Gasteiger partial charge on any atom is 0.293 e. The Labute approximate surface area is 131 Å². The summed E-state index contributed by atoms with van der Waals surface area (Å²) in [6.45, 7) is -1.15. The van der Waals surface area contributed by atoms with Crippen molar-refractivity contribution in [2.45, 2.75) is 6.42 Å². The predicted molar refractivity (Wildman–Crippen MR) is 83.9 cm³/mol. The first-order valence-electron chi connectivity index (χ1n) is 6.89. The van der Waals surface area contributed by atoms with E-state index in [0.29, 0.717) is 12.1 Å². The summed E-state index contributed by atoms with van der Waals surface area (Å²) < 4.78 is 12.4. The minimum absolute atomic E-state index is 0.0388. The van der Waals surface area contributed by atoms with Gasteiger partial charge in [-0.05, 0) is 36.2 Å². The van der Waals surface area contributed by atoms with Crippen LogP contribution in [0.5, 0.6) is 0 Å². The second-order valence-electron chi connectivity index (χ2n) is 4.84. The Kier molecular flexibility index (Phi) is 5.37. The number of nitrogens with zero attached hydrogens (tertiary/aromatic N) is 1. The number of hydrogen-bond donors (Lipinski definition) is 2. The molecule has 0 aliphatic heterocycles. The van der Waals surface area contributed by atoms with Crippen molar-refractivity contribution >= 4 is 22.8 Å². The van der Waals surface area contributed by atoms with E-state index in [9.17, 15) is 19.3 Å². The van der Waals surface area contributed by atoms with Crippen LogP contribution in [-0.4, -0.2) is 29.1 Å². The van der Waals surface area contributed by atoms with Gasteiger partial charge < -0.3 is 10.4 Å². The molecule has 0 spiro atoms. The van der Waals surface area contributed by atoms with Crippen LogP contribution in [0, 0.1) is 10.1 Å². The number of alkyl halides is 1. The largest absolute Gasteiger partial charge is 0.396 e. The highest BCUT2D eigenvalue weighted by Gasteiger charge is 2.17. The molecule has 2 rings (SSSR count). The number of hydrogen-bond acceptors (Lipinski definition) is 5. The first-order valence-corrected chi connectivity index (χ1v) is 6.89. The Morgan fingerprint density at radius 2 is 1.91 bits per heavy atom. The lowest BCUT2D eigenvalue weighted by Crippen LogP contribution is -2.04. The van der Waals surface area contributed by atoms with E-state index >= 15 is 0 Å². The number of aliphatic hydroxyl groups excluding tert-OH is 1. The third-order valence-electron chi connectivity index (χ3n) is 3.27. The van der Waals surface area contributed by atoms with Gasteiger partial charge in [0, 0.05) is 23.9 Å². The smallest absolute Gasteiger partial charge is 0.293 e. The van der Waals surface area contributed by atoms with Crippen LogP contribution in [-0.2, 0) is 6.42 Å². The standard InChI is InChI=1S/C16H15FN2O4/c17-10-16(21)12-3-6-14(15(9-12)19(22)23)18-13-4-1-11(2-5-13)7-8-20/h1-6,9,18,20H,7-8,10H2. The second kappa shape index (κ2) is 7.46. The quantitative estimate of drug-likeness (QED) is 0.465. The summed E-state index contributed by atoms with van der Waals surface area (Å²) in [5.41, 5.74) is 1.43. The molecule has 0 fully saturated rings. The van der Waals surface area contributed by atoms with E-state index in [1.165, 1.54) is 12.1 Å². The van der Waals surface area contributed by atoms with Gasteiger partial charge in [-0.1, -0.05) is 12.1 Å². The maximum absolute atomic E-state index is 12.4. The predicted octanol–water partition coefficient (Wildman–Crippen LogP) is 3.03. The van der Waals surface area contributed by atoms with Crippen molar-refractivity contribution in [3.63, 3.8) is 0 Å². The molecular weight excluding hydrogens is 303 g/mol. The number of nitrogens with one attached hydrogen (secondary N) is 1. The Hall–Kier alpha value is -2.80. The number of rotatable bonds is 7. The van der Waals surface area contributed by atoms with Crippen molar-refractivity contribution in [3.05, 3.63) is 63.7 Å². The van der Waals surface area contributed by atoms with Gasteiger partial charge in [0.25, 0.3) is 5.69 Å². The molecule has 0 heterocycles. The number of carbonyl (C=O) groups is 1. The van der Waals surface area contributed by atoms with E-state index < -0.39 is 17.4 Å². The molecule has 0 amide bonds. The third-order valence-corrected chi connectivity index (χ3v) is 3.27. The van der Waals surface area contributed by atoms with Crippen molar-refractivity contribution in [2.24, 2.45) is 0 Å². The monoisotopic (exact) mass is 318 g/mol. The molecule has 7 heteroatoms. The molecule has 0 atom stereocenters. The van der Waals surface area contributed by atoms with Crippen molar-refractivity contribution in [1.82, 2.24) is 0 Å². The fourth-order valence-electron chi connectivity index (χ4n) is 2.08. The van der Waals surface area contributed by atoms with E-state index in [-0.39, 0.29) is 23.5 Å². The molecule has 0 radical (unpaired) electrons. The lowest BCUT2D eigenvalue weighted by molar-refractivity contribution is -0.383. The van der Waals surface area contributed by atoms with Gasteiger partial charge in [0.1, 0.15) is 5.69 Å². The van der Waals surface area contributed by atoms with Crippen molar-refractivity contribution < 1.29 is 19.2 Å². The maximum atomic E-state index is 12.4. The molecule has 0 aliphatic rings. The van der Waals surface area contributed by atoms with Gasteiger partial charge in [0.15, 0.2) is 12.5 Å². The van der Waals surface area contributed by atoms with E-state index in [4.69, 9.17) is 5.11 Å². The van der Waals surface area contributed by atoms with Gasteiger partial charge in [-0.2, -0.15) is 0 Å². The molecule has 23 heavy (non-hydrogen) atoms. The normalized spacial score (nSPS) is 10.3. The number of ketones is 1. The first kappa shape index (κ1) is 16.6. The summed E-state index contributed by atoms with van der Waals surface area (Å²) in [5.74, 6) is -0.798. The SMILES string of the molecule is O=C(CF)c1ccc(Nc2ccc(CCO)cc2)c([N+](=O)[O-])c1. The Balaban J connectivity index is 2.28. The van der Waals surface area contributed by atoms with Crippen LogP contribution in [0.25, 0.3) is 0 Å². The molecule has 6 nitrogen and oxygen atoms in total. The summed E-state index contributed by atoms with van der Waals surface area (Å²) >= 11 is 0. The number of Topliss-reactive ketones (excluding diaryl/α,β-unsaturated/α-hetero) is 1. The number of aliphatic hydroxyl groups is 1. The van der Waals surface area contributed by atoms with E-state index in [1.54, 1.807) is 24.3 Å². The van der Waals surface area contributed by atoms with Crippen molar-refractivity contribution in [3.8, 4) is 0 Å². The van der Waals surface area contributed by atoms with Crippen LogP contribution in [0.15, 0.2) is 42.5 Å². The first-order chi connectivity index (χ1) is 11.0. The molecule has 0 aliphatic carbocycles. The lowest BCUT2D eigenvalue weighted by Gasteiger charge is -2.09. The minimum atomic E-state index is -1.20. The summed E-state index contributed by atoms with van der Waals surface area (Å²) in [4.78, 5) is 21.8. The van der Waals surface area contributed by atoms with E-state index in [0.717, 1.165) is 11.6 Å². The van der Waals surface area contributed by atoms with Crippen LogP contribution in [0.3, 0.4) is 0 Å². The number of nitro benzene ring substituents is 1. The zero-order chi connectivity index (χ0) is 16.8. The van der Waals surface area contributed by atoms with Crippen molar-refractivity contribution in [2.75, 3.05) is 18.6 Å². The van der Waals surface area contributed by atoms with Gasteiger partial charge in [0.05, 0.1) is 4.92 Å². The van der Waals surface area contributed by atoms with Gasteiger partial charge in [-0.25, -0.2) is 4.39 Å². The molecule has 2 aromatic carbocycles. The van der Waals surface area contributed by atoms with Gasteiger partial charge >= 0.3 is 0 Å². The molecule has 0 bridgehead atoms. The fourth-order valence-corrected chi connectivity index (χ4v) is 2.08. The minimum Gasteiger partial charge on any atom is -0.396 e. The number of halogens is 1. The second-order valence-corrected chi connectivity index (χ2v) is 4.84. The highest BCUT2D eigenvalue weighted by molar-refractivity contribution is 5.98. The topological polar surface area (TPSA) is 92.5 Å². The number of benzene rings is 2.